The van der Waals surface area contributed by atoms with Gasteiger partial charge in [0.1, 0.15) is 10.6 Å². The Morgan fingerprint density at radius 1 is 1.43 bits per heavy atom. The molecule has 1 saturated carbocycles. The van der Waals surface area contributed by atoms with Crippen LogP contribution in [0.5, 0.6) is 0 Å². The molecule has 21 heavy (non-hydrogen) atoms. The maximum absolute atomic E-state index is 12.2. The highest BCUT2D eigenvalue weighted by molar-refractivity contribution is 7.89. The summed E-state index contributed by atoms with van der Waals surface area (Å²) < 4.78 is 29.9. The zero-order valence-corrected chi connectivity index (χ0v) is 13.1. The molecule has 0 unspecified atom stereocenters. The number of carbonyl (C=O) groups excluding carboxylic acids is 1. The van der Waals surface area contributed by atoms with Crippen LogP contribution in [-0.2, 0) is 14.8 Å². The number of esters is 1. The zero-order chi connectivity index (χ0) is 15.5. The second-order valence-corrected chi connectivity index (χ2v) is 7.00. The number of primary sulfonamides is 1. The summed E-state index contributed by atoms with van der Waals surface area (Å²) in [6.07, 6.45) is 7.22. The van der Waals surface area contributed by atoms with Crippen LogP contribution in [0.1, 0.15) is 62.0 Å². The summed E-state index contributed by atoms with van der Waals surface area (Å²) in [5.74, 6) is -0.481. The molecule has 0 amide bonds. The quantitative estimate of drug-likeness (QED) is 0.643. The Morgan fingerprint density at radius 3 is 2.67 bits per heavy atom. The first kappa shape index (κ1) is 16.0. The lowest BCUT2D eigenvalue weighted by Crippen LogP contribution is -2.15. The van der Waals surface area contributed by atoms with Gasteiger partial charge in [0.2, 0.25) is 10.0 Å². The topological polar surface area (TPSA) is 91.4 Å². The van der Waals surface area contributed by atoms with Gasteiger partial charge in [-0.3, -0.25) is 0 Å². The third kappa shape index (κ3) is 3.85. The molecule has 0 radical (unpaired) electrons. The molecule has 1 aliphatic rings. The summed E-state index contributed by atoms with van der Waals surface area (Å²) in [5, 5.41) is 5.17. The molecule has 0 spiro atoms. The smallest absolute Gasteiger partial charge is 0.354 e. The van der Waals surface area contributed by atoms with Crippen LogP contribution in [0, 0.1) is 0 Å². The highest BCUT2D eigenvalue weighted by Crippen LogP contribution is 2.32. The number of nitrogens with two attached hydrogens (primary N) is 1. The summed E-state index contributed by atoms with van der Waals surface area (Å²) in [4.78, 5) is 12.1. The first-order valence-corrected chi connectivity index (χ1v) is 8.90. The SMILES string of the molecule is CCCCOC(=O)c1cc(S(N)(=O)=O)cn1C1CCCC1. The lowest BCUT2D eigenvalue weighted by atomic mass is 10.2. The fourth-order valence-electron chi connectivity index (χ4n) is 2.64. The lowest BCUT2D eigenvalue weighted by Gasteiger charge is -2.15. The third-order valence-electron chi connectivity index (χ3n) is 3.81. The largest absolute Gasteiger partial charge is 0.461 e. The van der Waals surface area contributed by atoms with Gasteiger partial charge in [-0.1, -0.05) is 26.2 Å². The van der Waals surface area contributed by atoms with Crippen LogP contribution in [0.4, 0.5) is 0 Å². The average molecular weight is 314 g/mol. The predicted octanol–water partition coefficient (Wildman–Crippen LogP) is 2.21. The minimum atomic E-state index is -3.82. The van der Waals surface area contributed by atoms with Gasteiger partial charge in [0.05, 0.1) is 6.61 Å². The standard InChI is InChI=1S/C14H22N2O4S/c1-2-3-8-20-14(17)13-9-12(21(15,18)19)10-16(13)11-6-4-5-7-11/h9-11H,2-8H2,1H3,(H2,15,18,19). The van der Waals surface area contributed by atoms with E-state index in [1.165, 1.54) is 12.3 Å². The molecule has 0 atom stereocenters. The number of unbranched alkanes of at least 4 members (excludes halogenated alkanes) is 1. The highest BCUT2D eigenvalue weighted by Gasteiger charge is 2.26. The van der Waals surface area contributed by atoms with Crippen LogP contribution in [0.3, 0.4) is 0 Å². The van der Waals surface area contributed by atoms with E-state index in [-0.39, 0.29) is 16.6 Å². The van der Waals surface area contributed by atoms with E-state index in [1.54, 1.807) is 4.57 Å². The van der Waals surface area contributed by atoms with Gasteiger partial charge in [-0.25, -0.2) is 18.4 Å². The summed E-state index contributed by atoms with van der Waals surface area (Å²) in [6, 6.07) is 1.47. The predicted molar refractivity (Wildman–Crippen MR) is 78.5 cm³/mol. The van der Waals surface area contributed by atoms with Crippen molar-refractivity contribution >= 4 is 16.0 Å². The molecule has 7 heteroatoms. The maximum atomic E-state index is 12.2. The van der Waals surface area contributed by atoms with Gasteiger partial charge in [-0.15, -0.1) is 0 Å². The Hall–Kier alpha value is -1.34. The van der Waals surface area contributed by atoms with E-state index < -0.39 is 16.0 Å². The maximum Gasteiger partial charge on any atom is 0.354 e. The summed E-state index contributed by atoms with van der Waals surface area (Å²) in [6.45, 7) is 2.35. The van der Waals surface area contributed by atoms with Crippen molar-refractivity contribution in [3.05, 3.63) is 18.0 Å². The van der Waals surface area contributed by atoms with Crippen molar-refractivity contribution in [2.75, 3.05) is 6.61 Å². The number of aromatic nitrogens is 1. The number of hydrogen-bond acceptors (Lipinski definition) is 4. The molecule has 0 saturated heterocycles. The normalized spacial score (nSPS) is 16.3. The first-order valence-electron chi connectivity index (χ1n) is 7.35. The fraction of sp³-hybridized carbons (Fsp3) is 0.643. The van der Waals surface area contributed by atoms with Crippen molar-refractivity contribution in [1.29, 1.82) is 0 Å². The molecule has 1 aromatic rings. The van der Waals surface area contributed by atoms with Crippen molar-refractivity contribution in [2.24, 2.45) is 5.14 Å². The molecule has 1 fully saturated rings. The van der Waals surface area contributed by atoms with Gasteiger partial charge in [0.25, 0.3) is 0 Å². The third-order valence-corrected chi connectivity index (χ3v) is 4.69. The van der Waals surface area contributed by atoms with E-state index in [9.17, 15) is 13.2 Å². The van der Waals surface area contributed by atoms with Gasteiger partial charge >= 0.3 is 5.97 Å². The van der Waals surface area contributed by atoms with E-state index in [0.717, 1.165) is 38.5 Å². The van der Waals surface area contributed by atoms with Crippen LogP contribution >= 0.6 is 0 Å². The van der Waals surface area contributed by atoms with Gasteiger partial charge < -0.3 is 9.30 Å². The average Bonchev–Trinajstić information content (AvgIpc) is 3.06. The molecule has 1 aliphatic carbocycles. The summed E-state index contributed by atoms with van der Waals surface area (Å²) in [5.41, 5.74) is 0.280. The molecule has 2 N–H and O–H groups in total. The van der Waals surface area contributed by atoms with E-state index in [4.69, 9.17) is 9.88 Å². The Labute approximate surface area is 125 Å². The van der Waals surface area contributed by atoms with Crippen LogP contribution < -0.4 is 5.14 Å². The molecule has 1 aromatic heterocycles. The van der Waals surface area contributed by atoms with E-state index in [2.05, 4.69) is 0 Å². The van der Waals surface area contributed by atoms with Crippen LogP contribution in [-0.4, -0.2) is 25.6 Å². The summed E-state index contributed by atoms with van der Waals surface area (Å²) in [7, 11) is -3.82. The Morgan fingerprint density at radius 2 is 2.10 bits per heavy atom. The molecule has 6 nitrogen and oxygen atoms in total. The summed E-state index contributed by atoms with van der Waals surface area (Å²) >= 11 is 0. The Bertz CT molecular complexity index is 600. The van der Waals surface area contributed by atoms with E-state index in [0.29, 0.717) is 6.61 Å². The molecular weight excluding hydrogens is 292 g/mol. The number of nitrogens with zero attached hydrogens (tertiary/aromatic N) is 1. The molecular formula is C14H22N2O4S. The molecule has 2 rings (SSSR count). The number of carbonyl (C=O) groups is 1. The second-order valence-electron chi connectivity index (χ2n) is 5.44. The molecule has 0 aromatic carbocycles. The van der Waals surface area contributed by atoms with Crippen LogP contribution in [0.15, 0.2) is 17.2 Å². The lowest BCUT2D eigenvalue weighted by molar-refractivity contribution is 0.0484. The van der Waals surface area contributed by atoms with Gasteiger partial charge in [0.15, 0.2) is 0 Å². The van der Waals surface area contributed by atoms with Crippen molar-refractivity contribution in [2.45, 2.75) is 56.4 Å². The highest BCUT2D eigenvalue weighted by atomic mass is 32.2. The van der Waals surface area contributed by atoms with Crippen LogP contribution in [0.25, 0.3) is 0 Å². The van der Waals surface area contributed by atoms with Crippen LogP contribution in [0.2, 0.25) is 0 Å². The van der Waals surface area contributed by atoms with Gasteiger partial charge in [0, 0.05) is 12.2 Å². The first-order chi connectivity index (χ1) is 9.93. The Kier molecular flexibility index (Phi) is 5.05. The van der Waals surface area contributed by atoms with Gasteiger partial charge in [-0.2, -0.15) is 0 Å². The number of sulfonamides is 1. The van der Waals surface area contributed by atoms with E-state index >= 15 is 0 Å². The zero-order valence-electron chi connectivity index (χ0n) is 12.2. The van der Waals surface area contributed by atoms with Crippen molar-refractivity contribution in [3.8, 4) is 0 Å². The number of hydrogen-bond donors (Lipinski definition) is 1. The number of rotatable bonds is 6. The number of ether oxygens (including phenoxy) is 1. The second kappa shape index (κ2) is 6.62. The Balaban J connectivity index is 2.28. The minimum absolute atomic E-state index is 0.0307. The molecule has 0 bridgehead atoms. The van der Waals surface area contributed by atoms with Gasteiger partial charge in [-0.05, 0) is 25.3 Å². The molecule has 1 heterocycles. The molecule has 118 valence electrons. The minimum Gasteiger partial charge on any atom is -0.461 e. The fourth-order valence-corrected chi connectivity index (χ4v) is 3.18. The monoisotopic (exact) mass is 314 g/mol. The molecule has 0 aliphatic heterocycles. The van der Waals surface area contributed by atoms with Crippen molar-refractivity contribution in [3.63, 3.8) is 0 Å². The van der Waals surface area contributed by atoms with Crippen molar-refractivity contribution < 1.29 is 17.9 Å². The van der Waals surface area contributed by atoms with Crippen molar-refractivity contribution in [1.82, 2.24) is 4.57 Å². The van der Waals surface area contributed by atoms with E-state index in [1.807, 2.05) is 6.92 Å².